The number of halogens is 2. The predicted molar refractivity (Wildman–Crippen MR) is 179 cm³/mol. The highest BCUT2D eigenvalue weighted by Crippen LogP contribution is 2.28. The minimum Gasteiger partial charge on any atom is -0.337 e. The van der Waals surface area contributed by atoms with Gasteiger partial charge in [-0.05, 0) is 109 Å². The van der Waals surface area contributed by atoms with E-state index >= 15 is 0 Å². The SMILES string of the molecule is O=C1c2ccc(-c3ccc(F)cc3)cc2CCN1CCN1CCCCC1.O=CCN1CCc2cc(-c3ccc(F)cc3)ccc2C1=O. The normalized spacial score (nSPS) is 16.2. The fourth-order valence-corrected chi connectivity index (χ4v) is 6.64. The molecule has 1 saturated heterocycles. The molecule has 0 aliphatic carbocycles. The van der Waals surface area contributed by atoms with Gasteiger partial charge in [0.2, 0.25) is 0 Å². The second-order valence-electron chi connectivity index (χ2n) is 12.4. The number of likely N-dealkylation sites (tertiary alicyclic amines) is 1. The molecule has 0 aromatic heterocycles. The molecule has 0 bridgehead atoms. The Labute approximate surface area is 274 Å². The van der Waals surface area contributed by atoms with Crippen molar-refractivity contribution in [2.75, 3.05) is 45.8 Å². The summed E-state index contributed by atoms with van der Waals surface area (Å²) in [6.07, 6.45) is 6.25. The van der Waals surface area contributed by atoms with Crippen LogP contribution >= 0.6 is 0 Å². The number of nitrogens with zero attached hydrogens (tertiary/aromatic N) is 3. The average Bonchev–Trinajstić information content (AvgIpc) is 3.10. The summed E-state index contributed by atoms with van der Waals surface area (Å²) < 4.78 is 26.1. The Kier molecular flexibility index (Phi) is 10.2. The summed E-state index contributed by atoms with van der Waals surface area (Å²) in [7, 11) is 0. The molecule has 0 atom stereocenters. The van der Waals surface area contributed by atoms with Crippen molar-refractivity contribution < 1.29 is 23.2 Å². The van der Waals surface area contributed by atoms with Gasteiger partial charge in [0.05, 0.1) is 6.54 Å². The molecule has 0 radical (unpaired) electrons. The van der Waals surface area contributed by atoms with Crippen LogP contribution in [0.15, 0.2) is 84.9 Å². The molecule has 4 aromatic carbocycles. The zero-order valence-electron chi connectivity index (χ0n) is 26.5. The maximum absolute atomic E-state index is 13.1. The molecule has 7 rings (SSSR count). The standard InChI is InChI=1S/C22H25FN2O.C17H14FNO2/c23-20-7-4-17(5-8-20)18-6-9-21-19(16-18)10-13-25(22(21)26)15-14-24-11-2-1-3-12-24;18-15-4-1-12(2-5-15)13-3-6-16-14(11-13)7-8-19(9-10-20)17(16)21/h4-9,16H,1-3,10-15H2;1-6,10-11H,7-9H2. The molecule has 6 nitrogen and oxygen atoms in total. The number of hydrogen-bond donors (Lipinski definition) is 0. The minimum absolute atomic E-state index is 0.103. The molecular weight excluding hydrogens is 596 g/mol. The molecule has 0 saturated carbocycles. The van der Waals surface area contributed by atoms with Gasteiger partial charge in [0.1, 0.15) is 17.9 Å². The summed E-state index contributed by atoms with van der Waals surface area (Å²) in [6, 6.07) is 24.4. The molecule has 8 heteroatoms. The van der Waals surface area contributed by atoms with Gasteiger partial charge in [-0.25, -0.2) is 8.78 Å². The molecule has 3 aliphatic heterocycles. The molecule has 4 aromatic rings. The van der Waals surface area contributed by atoms with Crippen LogP contribution in [0.25, 0.3) is 22.3 Å². The summed E-state index contributed by atoms with van der Waals surface area (Å²) in [5.74, 6) is -0.453. The number of fused-ring (bicyclic) bond motifs is 2. The van der Waals surface area contributed by atoms with E-state index in [2.05, 4.69) is 11.0 Å². The van der Waals surface area contributed by atoms with Crippen molar-refractivity contribution in [2.24, 2.45) is 0 Å². The molecule has 47 heavy (non-hydrogen) atoms. The number of rotatable bonds is 7. The number of benzene rings is 4. The first-order valence-corrected chi connectivity index (χ1v) is 16.4. The average molecular weight is 636 g/mol. The Morgan fingerprint density at radius 2 is 1.02 bits per heavy atom. The van der Waals surface area contributed by atoms with Crippen LogP contribution < -0.4 is 0 Å². The lowest BCUT2D eigenvalue weighted by atomic mass is 9.94. The Morgan fingerprint density at radius 1 is 0.553 bits per heavy atom. The second-order valence-corrected chi connectivity index (χ2v) is 12.4. The van der Waals surface area contributed by atoms with Crippen molar-refractivity contribution in [3.63, 3.8) is 0 Å². The third kappa shape index (κ3) is 7.66. The monoisotopic (exact) mass is 635 g/mol. The topological polar surface area (TPSA) is 60.9 Å². The zero-order valence-corrected chi connectivity index (χ0v) is 26.5. The Bertz CT molecular complexity index is 1730. The van der Waals surface area contributed by atoms with Gasteiger partial charge >= 0.3 is 0 Å². The van der Waals surface area contributed by atoms with E-state index < -0.39 is 0 Å². The van der Waals surface area contributed by atoms with Gasteiger partial charge < -0.3 is 19.5 Å². The van der Waals surface area contributed by atoms with Crippen LogP contribution in [0, 0.1) is 11.6 Å². The van der Waals surface area contributed by atoms with Crippen molar-refractivity contribution in [3.8, 4) is 22.3 Å². The van der Waals surface area contributed by atoms with E-state index in [0.29, 0.717) is 12.1 Å². The summed E-state index contributed by atoms with van der Waals surface area (Å²) >= 11 is 0. The minimum atomic E-state index is -0.267. The Balaban J connectivity index is 0.000000168. The Hall–Kier alpha value is -4.69. The largest absolute Gasteiger partial charge is 0.337 e. The quantitative estimate of drug-likeness (QED) is 0.213. The lowest BCUT2D eigenvalue weighted by Crippen LogP contribution is -2.43. The number of carbonyl (C=O) groups is 3. The van der Waals surface area contributed by atoms with Gasteiger partial charge in [0.15, 0.2) is 0 Å². The number of hydrogen-bond acceptors (Lipinski definition) is 4. The van der Waals surface area contributed by atoms with Gasteiger partial charge in [-0.1, -0.05) is 55.0 Å². The molecule has 0 spiro atoms. The lowest BCUT2D eigenvalue weighted by Gasteiger charge is -2.32. The van der Waals surface area contributed by atoms with Crippen molar-refractivity contribution in [1.29, 1.82) is 0 Å². The molecule has 0 N–H and O–H groups in total. The molecule has 0 unspecified atom stereocenters. The maximum Gasteiger partial charge on any atom is 0.254 e. The molecular formula is C39H39F2N3O3. The fourth-order valence-electron chi connectivity index (χ4n) is 6.64. The van der Waals surface area contributed by atoms with Crippen LogP contribution in [0.2, 0.25) is 0 Å². The van der Waals surface area contributed by atoms with E-state index in [-0.39, 0.29) is 30.0 Å². The molecule has 3 aliphatic rings. The van der Waals surface area contributed by atoms with E-state index in [9.17, 15) is 23.2 Å². The van der Waals surface area contributed by atoms with Crippen LogP contribution in [-0.2, 0) is 17.6 Å². The zero-order chi connectivity index (χ0) is 32.8. The summed E-state index contributed by atoms with van der Waals surface area (Å²) in [6.45, 7) is 5.61. The third-order valence-electron chi connectivity index (χ3n) is 9.33. The first kappa shape index (κ1) is 32.3. The molecule has 1 fully saturated rings. The fraction of sp³-hybridized carbons (Fsp3) is 0.308. The maximum atomic E-state index is 13.1. The van der Waals surface area contributed by atoms with Crippen molar-refractivity contribution in [1.82, 2.24) is 14.7 Å². The van der Waals surface area contributed by atoms with Gasteiger partial charge in [0.25, 0.3) is 11.8 Å². The van der Waals surface area contributed by atoms with Gasteiger partial charge in [-0.2, -0.15) is 0 Å². The first-order valence-electron chi connectivity index (χ1n) is 16.4. The van der Waals surface area contributed by atoms with Crippen LogP contribution in [0.4, 0.5) is 8.78 Å². The van der Waals surface area contributed by atoms with Crippen LogP contribution in [0.5, 0.6) is 0 Å². The third-order valence-corrected chi connectivity index (χ3v) is 9.33. The van der Waals surface area contributed by atoms with Crippen LogP contribution in [0.1, 0.15) is 51.1 Å². The summed E-state index contributed by atoms with van der Waals surface area (Å²) in [4.78, 5) is 41.6. The van der Waals surface area contributed by atoms with E-state index in [4.69, 9.17) is 0 Å². The van der Waals surface area contributed by atoms with Crippen LogP contribution in [0.3, 0.4) is 0 Å². The van der Waals surface area contributed by atoms with E-state index in [0.717, 1.165) is 77.7 Å². The van der Waals surface area contributed by atoms with Crippen LogP contribution in [-0.4, -0.2) is 78.6 Å². The second kappa shape index (κ2) is 14.8. The van der Waals surface area contributed by atoms with Crippen molar-refractivity contribution in [2.45, 2.75) is 32.1 Å². The van der Waals surface area contributed by atoms with E-state index in [1.165, 1.54) is 56.6 Å². The molecule has 3 heterocycles. The summed E-state index contributed by atoms with van der Waals surface area (Å²) in [5.41, 5.74) is 7.45. The highest BCUT2D eigenvalue weighted by Gasteiger charge is 2.26. The van der Waals surface area contributed by atoms with Gasteiger partial charge in [-0.15, -0.1) is 0 Å². The molecule has 242 valence electrons. The van der Waals surface area contributed by atoms with E-state index in [1.807, 2.05) is 29.2 Å². The first-order chi connectivity index (χ1) is 22.9. The number of carbonyl (C=O) groups excluding carboxylic acids is 3. The number of aldehydes is 1. The highest BCUT2D eigenvalue weighted by molar-refractivity contribution is 5.98. The Morgan fingerprint density at radius 3 is 1.53 bits per heavy atom. The predicted octanol–water partition coefficient (Wildman–Crippen LogP) is 6.67. The van der Waals surface area contributed by atoms with Gasteiger partial charge in [-0.3, -0.25) is 9.59 Å². The number of piperidine rings is 1. The smallest absolute Gasteiger partial charge is 0.254 e. The van der Waals surface area contributed by atoms with E-state index in [1.54, 1.807) is 35.2 Å². The lowest BCUT2D eigenvalue weighted by molar-refractivity contribution is -0.108. The number of amides is 2. The van der Waals surface area contributed by atoms with Crippen molar-refractivity contribution in [3.05, 3.63) is 119 Å². The molecule has 2 amide bonds. The van der Waals surface area contributed by atoms with Crippen molar-refractivity contribution >= 4 is 18.1 Å². The van der Waals surface area contributed by atoms with Gasteiger partial charge in [0, 0.05) is 37.3 Å². The summed E-state index contributed by atoms with van der Waals surface area (Å²) in [5, 5.41) is 0. The highest BCUT2D eigenvalue weighted by atomic mass is 19.1.